The predicted octanol–water partition coefficient (Wildman–Crippen LogP) is 2.50. The van der Waals surface area contributed by atoms with Crippen LogP contribution in [0.25, 0.3) is 0 Å². The Bertz CT molecular complexity index is 738. The van der Waals surface area contributed by atoms with Crippen molar-refractivity contribution < 1.29 is 28.3 Å². The summed E-state index contributed by atoms with van der Waals surface area (Å²) < 4.78 is 17.3. The molecule has 32 heavy (non-hydrogen) atoms. The highest BCUT2D eigenvalue weighted by molar-refractivity contribution is 6.48. The smallest absolute Gasteiger partial charge is 0.412 e. The number of likely N-dealkylation sites (tertiary alicyclic amines) is 1. The molecule has 0 spiro atoms. The fourth-order valence-electron chi connectivity index (χ4n) is 4.28. The SMILES string of the molecule is C=CCOC(=O)N1CC(=O)NCC1[C@@]1(O[SiH](C)C)C[C@H](C(C)(C)C)CN1C(=O)OCC=C. The number of nitrogens with one attached hydrogen (secondary N) is 1. The summed E-state index contributed by atoms with van der Waals surface area (Å²) in [6.45, 7) is 18.0. The third-order valence-electron chi connectivity index (χ3n) is 5.87. The maximum Gasteiger partial charge on any atom is 0.412 e. The van der Waals surface area contributed by atoms with Crippen LogP contribution in [0, 0.1) is 11.3 Å². The van der Waals surface area contributed by atoms with E-state index in [2.05, 4.69) is 39.2 Å². The molecule has 2 saturated heterocycles. The fraction of sp³-hybridized carbons (Fsp3) is 0.682. The second kappa shape index (κ2) is 10.5. The molecule has 2 aliphatic rings. The number of amides is 3. The average molecular weight is 468 g/mol. The average Bonchev–Trinajstić information content (AvgIpc) is 3.10. The molecule has 2 aliphatic heterocycles. The molecule has 0 saturated carbocycles. The van der Waals surface area contributed by atoms with E-state index in [1.165, 1.54) is 17.1 Å². The quantitative estimate of drug-likeness (QED) is 0.456. The largest absolute Gasteiger partial charge is 0.445 e. The van der Waals surface area contributed by atoms with Crippen LogP contribution < -0.4 is 5.32 Å². The predicted molar refractivity (Wildman–Crippen MR) is 124 cm³/mol. The van der Waals surface area contributed by atoms with Gasteiger partial charge in [0.25, 0.3) is 0 Å². The molecule has 1 N–H and O–H groups in total. The number of piperazine rings is 1. The monoisotopic (exact) mass is 467 g/mol. The number of carbonyl (C=O) groups excluding carboxylic acids is 3. The van der Waals surface area contributed by atoms with Crippen molar-refractivity contribution in [2.24, 2.45) is 11.3 Å². The topological polar surface area (TPSA) is 97.4 Å². The standard InChI is InChI=1S/C22H37N3O6Si/c1-8-10-29-19(27)24-15-18(26)23-13-17(24)22(31-32(6)7)12-16(21(3,4)5)14-25(22)20(28)30-11-9-2/h8-9,16-17,32H,1-2,10-15H2,3-7H3,(H,23,26)/t16-,17?,22-/m0/s1. The molecule has 0 aromatic heterocycles. The van der Waals surface area contributed by atoms with Gasteiger partial charge in [-0.3, -0.25) is 14.6 Å². The molecule has 9 nitrogen and oxygen atoms in total. The summed E-state index contributed by atoms with van der Waals surface area (Å²) in [5.74, 6) is -0.199. The third-order valence-corrected chi connectivity index (χ3v) is 6.75. The van der Waals surface area contributed by atoms with E-state index in [0.29, 0.717) is 13.0 Å². The van der Waals surface area contributed by atoms with Crippen LogP contribution in [-0.4, -0.2) is 81.5 Å². The number of ether oxygens (including phenoxy) is 2. The minimum atomic E-state index is -1.72. The Morgan fingerprint density at radius 1 is 1.19 bits per heavy atom. The normalized spacial score (nSPS) is 26.0. The Balaban J connectivity index is 2.55. The van der Waals surface area contributed by atoms with Gasteiger partial charge in [0.05, 0.1) is 0 Å². The summed E-state index contributed by atoms with van der Waals surface area (Å²) in [6, 6.07) is -0.629. The molecule has 0 radical (unpaired) electrons. The van der Waals surface area contributed by atoms with Crippen molar-refractivity contribution in [3.05, 3.63) is 25.3 Å². The van der Waals surface area contributed by atoms with Crippen LogP contribution in [0.2, 0.25) is 13.1 Å². The van der Waals surface area contributed by atoms with E-state index in [-0.39, 0.29) is 43.5 Å². The Labute approximate surface area is 192 Å². The molecular formula is C22H37N3O6Si. The molecule has 3 amide bonds. The Hall–Kier alpha value is -2.33. The van der Waals surface area contributed by atoms with Crippen LogP contribution in [0.4, 0.5) is 9.59 Å². The molecule has 0 aromatic rings. The molecule has 0 aliphatic carbocycles. The van der Waals surface area contributed by atoms with Crippen LogP contribution in [0.3, 0.4) is 0 Å². The maximum atomic E-state index is 13.2. The second-order valence-corrected chi connectivity index (χ2v) is 11.9. The summed E-state index contributed by atoms with van der Waals surface area (Å²) in [7, 11) is -1.72. The number of rotatable bonds is 7. The van der Waals surface area contributed by atoms with Gasteiger partial charge in [0, 0.05) is 19.5 Å². The zero-order valence-electron chi connectivity index (χ0n) is 19.9. The van der Waals surface area contributed by atoms with Gasteiger partial charge in [0.15, 0.2) is 14.8 Å². The van der Waals surface area contributed by atoms with Gasteiger partial charge < -0.3 is 19.2 Å². The lowest BCUT2D eigenvalue weighted by Gasteiger charge is -2.49. The van der Waals surface area contributed by atoms with Crippen LogP contribution in [0.15, 0.2) is 25.3 Å². The molecule has 2 fully saturated rings. The highest BCUT2D eigenvalue weighted by Gasteiger charge is 2.60. The summed E-state index contributed by atoms with van der Waals surface area (Å²) in [5, 5.41) is 2.84. The highest BCUT2D eigenvalue weighted by Crippen LogP contribution is 2.46. The van der Waals surface area contributed by atoms with Gasteiger partial charge in [0.1, 0.15) is 25.8 Å². The number of nitrogens with zero attached hydrogens (tertiary/aromatic N) is 2. The number of carbonyl (C=O) groups is 3. The van der Waals surface area contributed by atoms with Crippen molar-refractivity contribution >= 4 is 27.1 Å². The van der Waals surface area contributed by atoms with Gasteiger partial charge in [0.2, 0.25) is 5.91 Å². The van der Waals surface area contributed by atoms with Crippen LogP contribution in [0.1, 0.15) is 27.2 Å². The maximum absolute atomic E-state index is 13.2. The lowest BCUT2D eigenvalue weighted by molar-refractivity contribution is -0.137. The summed E-state index contributed by atoms with van der Waals surface area (Å²) in [4.78, 5) is 41.3. The molecule has 3 atom stereocenters. The van der Waals surface area contributed by atoms with E-state index in [1.54, 1.807) is 4.90 Å². The first-order chi connectivity index (χ1) is 15.0. The molecule has 1 unspecified atom stereocenters. The van der Waals surface area contributed by atoms with E-state index in [4.69, 9.17) is 13.9 Å². The molecule has 2 rings (SSSR count). The van der Waals surface area contributed by atoms with Crippen molar-refractivity contribution in [1.29, 1.82) is 0 Å². The van der Waals surface area contributed by atoms with Crippen molar-refractivity contribution in [3.63, 3.8) is 0 Å². The van der Waals surface area contributed by atoms with Gasteiger partial charge in [-0.05, 0) is 24.4 Å². The molecular weight excluding hydrogens is 430 g/mol. The van der Waals surface area contributed by atoms with Crippen molar-refractivity contribution in [3.8, 4) is 0 Å². The lowest BCUT2D eigenvalue weighted by atomic mass is 9.78. The minimum Gasteiger partial charge on any atom is -0.445 e. The minimum absolute atomic E-state index is 0.0200. The van der Waals surface area contributed by atoms with Gasteiger partial charge in [-0.2, -0.15) is 0 Å². The molecule has 2 heterocycles. The van der Waals surface area contributed by atoms with E-state index < -0.39 is 33.0 Å². The highest BCUT2D eigenvalue weighted by atomic mass is 28.3. The second-order valence-electron chi connectivity index (χ2n) is 9.57. The zero-order valence-corrected chi connectivity index (χ0v) is 21.0. The first-order valence-electron chi connectivity index (χ1n) is 11.0. The molecule has 0 aromatic carbocycles. The van der Waals surface area contributed by atoms with Gasteiger partial charge >= 0.3 is 12.2 Å². The summed E-state index contributed by atoms with van der Waals surface area (Å²) >= 11 is 0. The van der Waals surface area contributed by atoms with Gasteiger partial charge in [-0.1, -0.05) is 46.1 Å². The van der Waals surface area contributed by atoms with Crippen molar-refractivity contribution in [2.75, 3.05) is 32.8 Å². The van der Waals surface area contributed by atoms with Crippen molar-refractivity contribution in [1.82, 2.24) is 15.1 Å². The number of hydrogen-bond acceptors (Lipinski definition) is 6. The van der Waals surface area contributed by atoms with Crippen molar-refractivity contribution in [2.45, 2.75) is 52.1 Å². The summed E-state index contributed by atoms with van der Waals surface area (Å²) in [5.41, 5.74) is -1.26. The Morgan fingerprint density at radius 3 is 2.31 bits per heavy atom. The lowest BCUT2D eigenvalue weighted by Crippen LogP contribution is -2.70. The Kier molecular flexibility index (Phi) is 8.52. The van der Waals surface area contributed by atoms with Gasteiger partial charge in [-0.25, -0.2) is 9.59 Å². The first kappa shape index (κ1) is 25.9. The molecule has 180 valence electrons. The molecule has 0 bridgehead atoms. The van der Waals surface area contributed by atoms with Gasteiger partial charge in [-0.15, -0.1) is 0 Å². The number of hydrogen-bond donors (Lipinski definition) is 1. The van der Waals surface area contributed by atoms with Crippen LogP contribution >= 0.6 is 0 Å². The fourth-order valence-corrected chi connectivity index (χ4v) is 5.48. The van der Waals surface area contributed by atoms with E-state index >= 15 is 0 Å². The van der Waals surface area contributed by atoms with Crippen LogP contribution in [0.5, 0.6) is 0 Å². The summed E-state index contributed by atoms with van der Waals surface area (Å²) in [6.07, 6.45) is 2.32. The van der Waals surface area contributed by atoms with E-state index in [0.717, 1.165) is 0 Å². The van der Waals surface area contributed by atoms with E-state index in [9.17, 15) is 14.4 Å². The van der Waals surface area contributed by atoms with E-state index in [1.807, 2.05) is 13.1 Å². The third kappa shape index (κ3) is 5.72. The molecule has 10 heteroatoms. The first-order valence-corrected chi connectivity index (χ1v) is 13.8. The zero-order chi connectivity index (χ0) is 24.1. The Morgan fingerprint density at radius 2 is 1.78 bits per heavy atom. The van der Waals surface area contributed by atoms with Crippen LogP contribution in [-0.2, 0) is 18.7 Å².